The number of sulfonamides is 1. The number of hydrogen-bond acceptors (Lipinski definition) is 5. The van der Waals surface area contributed by atoms with Crippen molar-refractivity contribution in [3.8, 4) is 0 Å². The van der Waals surface area contributed by atoms with Gasteiger partial charge in [0.25, 0.3) is 5.91 Å². The minimum atomic E-state index is -3.68. The largest absolute Gasteiger partial charge is 0.452 e. The Balaban J connectivity index is 1.65. The zero-order valence-electron chi connectivity index (χ0n) is 17.9. The van der Waals surface area contributed by atoms with Gasteiger partial charge in [0.15, 0.2) is 6.61 Å². The van der Waals surface area contributed by atoms with Crippen LogP contribution in [0.5, 0.6) is 0 Å². The fourth-order valence-electron chi connectivity index (χ4n) is 3.62. The number of carbonyl (C=O) groups is 2. The highest BCUT2D eigenvalue weighted by atomic mass is 32.2. The molecular weight excluding hydrogens is 416 g/mol. The second-order valence-electron chi connectivity index (χ2n) is 7.74. The van der Waals surface area contributed by atoms with E-state index in [4.69, 9.17) is 4.74 Å². The number of nitrogens with zero attached hydrogens (tertiary/aromatic N) is 1. The highest BCUT2D eigenvalue weighted by Gasteiger charge is 2.26. The molecule has 1 aliphatic rings. The summed E-state index contributed by atoms with van der Waals surface area (Å²) in [6.07, 6.45) is 3.69. The van der Waals surface area contributed by atoms with Crippen LogP contribution in [0.2, 0.25) is 0 Å². The average Bonchev–Trinajstić information content (AvgIpc) is 3.05. The van der Waals surface area contributed by atoms with Crippen molar-refractivity contribution >= 4 is 27.6 Å². The van der Waals surface area contributed by atoms with Crippen LogP contribution >= 0.6 is 0 Å². The van der Waals surface area contributed by atoms with Gasteiger partial charge in [0.1, 0.15) is 0 Å². The SMILES string of the molecule is Cc1cccc(C)c1NC(=O)COC(=O)c1cccc(S(=O)(=O)N2CCCCCC2)c1. The van der Waals surface area contributed by atoms with Gasteiger partial charge in [-0.2, -0.15) is 4.31 Å². The Morgan fingerprint density at radius 3 is 2.23 bits per heavy atom. The van der Waals surface area contributed by atoms with Crippen LogP contribution in [-0.4, -0.2) is 44.3 Å². The molecule has 31 heavy (non-hydrogen) atoms. The van der Waals surface area contributed by atoms with Gasteiger partial charge in [0.2, 0.25) is 10.0 Å². The molecule has 0 aromatic heterocycles. The Kier molecular flexibility index (Phi) is 7.46. The number of anilines is 1. The number of hydrogen-bond donors (Lipinski definition) is 1. The monoisotopic (exact) mass is 444 g/mol. The topological polar surface area (TPSA) is 92.8 Å². The van der Waals surface area contributed by atoms with Gasteiger partial charge >= 0.3 is 5.97 Å². The molecule has 2 aromatic rings. The lowest BCUT2D eigenvalue weighted by Gasteiger charge is -2.20. The fourth-order valence-corrected chi connectivity index (χ4v) is 5.18. The summed E-state index contributed by atoms with van der Waals surface area (Å²) in [6.45, 7) is 4.26. The molecule has 8 heteroatoms. The van der Waals surface area contributed by atoms with Crippen molar-refractivity contribution in [3.05, 3.63) is 59.2 Å². The summed E-state index contributed by atoms with van der Waals surface area (Å²) >= 11 is 0. The maximum absolute atomic E-state index is 13.0. The number of rotatable bonds is 6. The van der Waals surface area contributed by atoms with E-state index in [1.165, 1.54) is 28.6 Å². The number of ether oxygens (including phenoxy) is 1. The zero-order chi connectivity index (χ0) is 22.4. The lowest BCUT2D eigenvalue weighted by atomic mass is 10.1. The number of carbonyl (C=O) groups excluding carboxylic acids is 2. The van der Waals surface area contributed by atoms with Crippen molar-refractivity contribution in [2.24, 2.45) is 0 Å². The lowest BCUT2D eigenvalue weighted by Crippen LogP contribution is -2.32. The highest BCUT2D eigenvalue weighted by molar-refractivity contribution is 7.89. The van der Waals surface area contributed by atoms with Gasteiger partial charge in [-0.3, -0.25) is 4.79 Å². The van der Waals surface area contributed by atoms with Crippen LogP contribution in [0.4, 0.5) is 5.69 Å². The molecule has 1 N–H and O–H groups in total. The first-order chi connectivity index (χ1) is 14.8. The van der Waals surface area contributed by atoms with E-state index < -0.39 is 28.5 Å². The van der Waals surface area contributed by atoms with E-state index in [1.807, 2.05) is 32.0 Å². The van der Waals surface area contributed by atoms with Crippen molar-refractivity contribution in [2.75, 3.05) is 25.0 Å². The van der Waals surface area contributed by atoms with Crippen LogP contribution in [0, 0.1) is 13.8 Å². The molecule has 7 nitrogen and oxygen atoms in total. The van der Waals surface area contributed by atoms with E-state index >= 15 is 0 Å². The molecule has 0 spiro atoms. The van der Waals surface area contributed by atoms with Crippen LogP contribution in [0.25, 0.3) is 0 Å². The number of amides is 1. The Labute approximate surface area is 183 Å². The van der Waals surface area contributed by atoms with Crippen molar-refractivity contribution in [2.45, 2.75) is 44.4 Å². The van der Waals surface area contributed by atoms with Gasteiger partial charge in [-0.1, -0.05) is 37.1 Å². The molecule has 166 valence electrons. The molecule has 1 amide bonds. The minimum Gasteiger partial charge on any atom is -0.452 e. The summed E-state index contributed by atoms with van der Waals surface area (Å²) in [4.78, 5) is 24.7. The Bertz CT molecular complexity index is 1040. The van der Waals surface area contributed by atoms with Crippen molar-refractivity contribution in [1.82, 2.24) is 4.31 Å². The molecule has 1 heterocycles. The van der Waals surface area contributed by atoms with E-state index in [-0.39, 0.29) is 10.5 Å². The molecule has 0 saturated carbocycles. The third-order valence-electron chi connectivity index (χ3n) is 5.35. The van der Waals surface area contributed by atoms with E-state index in [2.05, 4.69) is 5.32 Å². The molecule has 1 fully saturated rings. The molecule has 2 aromatic carbocycles. The molecule has 0 bridgehead atoms. The molecular formula is C23H28N2O5S. The van der Waals surface area contributed by atoms with Gasteiger partial charge in [-0.25, -0.2) is 13.2 Å². The second-order valence-corrected chi connectivity index (χ2v) is 9.68. The van der Waals surface area contributed by atoms with E-state index in [9.17, 15) is 18.0 Å². The maximum Gasteiger partial charge on any atom is 0.338 e. The number of nitrogens with one attached hydrogen (secondary N) is 1. The van der Waals surface area contributed by atoms with E-state index in [1.54, 1.807) is 0 Å². The number of benzene rings is 2. The van der Waals surface area contributed by atoms with Crippen LogP contribution < -0.4 is 5.32 Å². The van der Waals surface area contributed by atoms with E-state index in [0.717, 1.165) is 36.8 Å². The van der Waals surface area contributed by atoms with Crippen LogP contribution in [-0.2, 0) is 19.6 Å². The standard InChI is InChI=1S/C23H28N2O5S/c1-17-9-7-10-18(2)22(17)24-21(26)16-30-23(27)19-11-8-12-20(15-19)31(28,29)25-13-5-3-4-6-14-25/h7-12,15H,3-6,13-14,16H2,1-2H3,(H,24,26). The molecule has 0 radical (unpaired) electrons. The first-order valence-electron chi connectivity index (χ1n) is 10.4. The van der Waals surface area contributed by atoms with Gasteiger partial charge in [0, 0.05) is 18.8 Å². The Hall–Kier alpha value is -2.71. The highest BCUT2D eigenvalue weighted by Crippen LogP contribution is 2.22. The fraction of sp³-hybridized carbons (Fsp3) is 0.391. The van der Waals surface area contributed by atoms with Gasteiger partial charge in [-0.15, -0.1) is 0 Å². The quantitative estimate of drug-likeness (QED) is 0.687. The molecule has 0 aliphatic carbocycles. The van der Waals surface area contributed by atoms with Crippen molar-refractivity contribution < 1.29 is 22.7 Å². The van der Waals surface area contributed by atoms with Crippen LogP contribution in [0.15, 0.2) is 47.4 Å². The van der Waals surface area contributed by atoms with Crippen molar-refractivity contribution in [1.29, 1.82) is 0 Å². The summed E-state index contributed by atoms with van der Waals surface area (Å²) in [7, 11) is -3.68. The predicted octanol–water partition coefficient (Wildman–Crippen LogP) is 3.66. The average molecular weight is 445 g/mol. The van der Waals surface area contributed by atoms with Crippen molar-refractivity contribution in [3.63, 3.8) is 0 Å². The van der Waals surface area contributed by atoms with Gasteiger partial charge in [0.05, 0.1) is 10.5 Å². The van der Waals surface area contributed by atoms with Crippen LogP contribution in [0.3, 0.4) is 0 Å². The summed E-state index contributed by atoms with van der Waals surface area (Å²) in [5.74, 6) is -1.20. The number of para-hydroxylation sites is 1. The van der Waals surface area contributed by atoms with E-state index in [0.29, 0.717) is 18.8 Å². The predicted molar refractivity (Wildman–Crippen MR) is 118 cm³/mol. The second kappa shape index (κ2) is 10.1. The summed E-state index contributed by atoms with van der Waals surface area (Å²) in [6, 6.07) is 11.4. The summed E-state index contributed by atoms with van der Waals surface area (Å²) in [5, 5.41) is 2.75. The molecule has 3 rings (SSSR count). The summed E-state index contributed by atoms with van der Waals surface area (Å²) in [5.41, 5.74) is 2.60. The van der Waals surface area contributed by atoms with Crippen LogP contribution in [0.1, 0.15) is 47.2 Å². The Morgan fingerprint density at radius 1 is 0.968 bits per heavy atom. The third kappa shape index (κ3) is 5.71. The molecule has 1 aliphatic heterocycles. The Morgan fingerprint density at radius 2 is 1.58 bits per heavy atom. The molecule has 0 atom stereocenters. The normalized spacial score (nSPS) is 15.2. The van der Waals surface area contributed by atoms with Gasteiger partial charge < -0.3 is 10.1 Å². The molecule has 0 unspecified atom stereocenters. The number of aryl methyl sites for hydroxylation is 2. The summed E-state index contributed by atoms with van der Waals surface area (Å²) < 4.78 is 32.5. The third-order valence-corrected chi connectivity index (χ3v) is 7.25. The first kappa shape index (κ1) is 23.0. The lowest BCUT2D eigenvalue weighted by molar-refractivity contribution is -0.119. The number of esters is 1. The molecule has 1 saturated heterocycles. The van der Waals surface area contributed by atoms with Gasteiger partial charge in [-0.05, 0) is 56.0 Å². The first-order valence-corrected chi connectivity index (χ1v) is 11.9. The smallest absolute Gasteiger partial charge is 0.338 e. The maximum atomic E-state index is 13.0. The zero-order valence-corrected chi connectivity index (χ0v) is 18.7. The minimum absolute atomic E-state index is 0.0591.